The molecule has 1 aromatic carbocycles. The molecule has 1 aromatic heterocycles. The second kappa shape index (κ2) is 5.09. The first-order valence-electron chi connectivity index (χ1n) is 6.79. The number of aromatic amines is 1. The van der Waals surface area contributed by atoms with E-state index in [2.05, 4.69) is 15.2 Å². The summed E-state index contributed by atoms with van der Waals surface area (Å²) in [6.07, 6.45) is 0. The van der Waals surface area contributed by atoms with E-state index >= 15 is 0 Å². The van der Waals surface area contributed by atoms with E-state index in [1.54, 1.807) is 6.07 Å². The Labute approximate surface area is 116 Å². The zero-order valence-electron chi connectivity index (χ0n) is 11.4. The molecule has 1 fully saturated rings. The summed E-state index contributed by atoms with van der Waals surface area (Å²) in [5.74, 6) is -0.208. The van der Waals surface area contributed by atoms with Crippen molar-refractivity contribution in [1.29, 1.82) is 0 Å². The Kier molecular flexibility index (Phi) is 3.28. The molecule has 0 radical (unpaired) electrons. The molecule has 0 bridgehead atoms. The number of H-pyrrole nitrogens is 1. The fourth-order valence-electron chi connectivity index (χ4n) is 2.58. The number of nitrogens with one attached hydrogen (secondary N) is 2. The molecule has 2 aromatic rings. The molecular weight excluding hydrogens is 254 g/mol. The number of rotatable bonds is 2. The molecule has 0 saturated carbocycles. The molecule has 3 rings (SSSR count). The van der Waals surface area contributed by atoms with Crippen molar-refractivity contribution in [2.45, 2.75) is 6.92 Å². The summed E-state index contributed by atoms with van der Waals surface area (Å²) in [5, 5.41) is 4.21. The Morgan fingerprint density at radius 2 is 1.95 bits per heavy atom. The van der Waals surface area contributed by atoms with E-state index in [9.17, 15) is 9.59 Å². The minimum absolute atomic E-state index is 0.208. The number of pyridine rings is 1. The molecule has 0 amide bonds. The van der Waals surface area contributed by atoms with Crippen LogP contribution < -0.4 is 15.8 Å². The lowest BCUT2D eigenvalue weighted by atomic mass is 10.1. The second-order valence-corrected chi connectivity index (χ2v) is 5.08. The molecule has 0 spiro atoms. The molecule has 2 N–H and O–H groups in total. The van der Waals surface area contributed by atoms with Crippen LogP contribution in [-0.4, -0.2) is 36.9 Å². The second-order valence-electron chi connectivity index (χ2n) is 5.08. The van der Waals surface area contributed by atoms with E-state index in [4.69, 9.17) is 0 Å². The van der Waals surface area contributed by atoms with Crippen molar-refractivity contribution >= 4 is 22.4 Å². The maximum atomic E-state index is 11.8. The predicted molar refractivity (Wildman–Crippen MR) is 79.7 cm³/mol. The number of Topliss-reactive ketones (excluding diaryl/α,β-unsaturated/α-hetero) is 1. The highest BCUT2D eigenvalue weighted by Crippen LogP contribution is 2.21. The van der Waals surface area contributed by atoms with Crippen LogP contribution in [0.5, 0.6) is 0 Å². The summed E-state index contributed by atoms with van der Waals surface area (Å²) >= 11 is 0. The third kappa shape index (κ3) is 2.32. The summed E-state index contributed by atoms with van der Waals surface area (Å²) < 4.78 is 0. The lowest BCUT2D eigenvalue weighted by Crippen LogP contribution is -2.43. The van der Waals surface area contributed by atoms with Crippen molar-refractivity contribution in [3.05, 3.63) is 40.2 Å². The summed E-state index contributed by atoms with van der Waals surface area (Å²) in [6.45, 7) is 5.30. The maximum absolute atomic E-state index is 11.8. The number of anilines is 1. The number of benzene rings is 1. The van der Waals surface area contributed by atoms with Crippen LogP contribution >= 0.6 is 0 Å². The lowest BCUT2D eigenvalue weighted by Gasteiger charge is -2.29. The maximum Gasteiger partial charge on any atom is 0.259 e. The Morgan fingerprint density at radius 1 is 1.20 bits per heavy atom. The SMILES string of the molecule is CC(=O)c1cc2cc(N3CCNCC3)ccc2[nH]c1=O. The fraction of sp³-hybridized carbons (Fsp3) is 0.333. The number of hydrogen-bond donors (Lipinski definition) is 2. The van der Waals surface area contributed by atoms with Crippen molar-refractivity contribution < 1.29 is 4.79 Å². The molecule has 5 heteroatoms. The minimum atomic E-state index is -0.320. The van der Waals surface area contributed by atoms with Crippen LogP contribution in [-0.2, 0) is 0 Å². The molecule has 0 atom stereocenters. The summed E-state index contributed by atoms with van der Waals surface area (Å²) in [5.41, 5.74) is 1.79. The third-order valence-corrected chi connectivity index (χ3v) is 3.69. The van der Waals surface area contributed by atoms with Crippen LogP contribution in [0.15, 0.2) is 29.1 Å². The Bertz CT molecular complexity index is 715. The monoisotopic (exact) mass is 271 g/mol. The van der Waals surface area contributed by atoms with Gasteiger partial charge in [0.2, 0.25) is 0 Å². The average molecular weight is 271 g/mol. The fourth-order valence-corrected chi connectivity index (χ4v) is 2.58. The van der Waals surface area contributed by atoms with Gasteiger partial charge < -0.3 is 15.2 Å². The topological polar surface area (TPSA) is 65.2 Å². The van der Waals surface area contributed by atoms with E-state index in [0.29, 0.717) is 0 Å². The van der Waals surface area contributed by atoms with Gasteiger partial charge in [-0.1, -0.05) is 0 Å². The standard InChI is InChI=1S/C15H17N3O2/c1-10(19)13-9-11-8-12(18-6-4-16-5-7-18)2-3-14(11)17-15(13)20/h2-3,8-9,16H,4-7H2,1H3,(H,17,20). The Hall–Kier alpha value is -2.14. The average Bonchev–Trinajstić information content (AvgIpc) is 2.47. The number of ketones is 1. The number of piperazine rings is 1. The first-order valence-corrected chi connectivity index (χ1v) is 6.79. The first-order chi connectivity index (χ1) is 9.65. The van der Waals surface area contributed by atoms with Crippen molar-refractivity contribution in [3.8, 4) is 0 Å². The molecule has 5 nitrogen and oxygen atoms in total. The van der Waals surface area contributed by atoms with E-state index < -0.39 is 0 Å². The van der Waals surface area contributed by atoms with E-state index in [1.807, 2.05) is 18.2 Å². The number of nitrogens with zero attached hydrogens (tertiary/aromatic N) is 1. The number of carbonyl (C=O) groups is 1. The van der Waals surface area contributed by atoms with Gasteiger partial charge in [0.05, 0.1) is 5.56 Å². The minimum Gasteiger partial charge on any atom is -0.369 e. The van der Waals surface area contributed by atoms with Gasteiger partial charge in [-0.2, -0.15) is 0 Å². The predicted octanol–water partition coefficient (Wildman–Crippen LogP) is 1.14. The largest absolute Gasteiger partial charge is 0.369 e. The number of fused-ring (bicyclic) bond motifs is 1. The van der Waals surface area contributed by atoms with Crippen LogP contribution in [0, 0.1) is 0 Å². The van der Waals surface area contributed by atoms with Crippen molar-refractivity contribution in [3.63, 3.8) is 0 Å². The lowest BCUT2D eigenvalue weighted by molar-refractivity contribution is 0.101. The highest BCUT2D eigenvalue weighted by molar-refractivity contribution is 5.97. The van der Waals surface area contributed by atoms with Crippen LogP contribution in [0.4, 0.5) is 5.69 Å². The van der Waals surface area contributed by atoms with Crippen molar-refractivity contribution in [1.82, 2.24) is 10.3 Å². The molecule has 0 unspecified atom stereocenters. The zero-order chi connectivity index (χ0) is 14.1. The molecule has 20 heavy (non-hydrogen) atoms. The van der Waals surface area contributed by atoms with Gasteiger partial charge in [-0.25, -0.2) is 0 Å². The first kappa shape index (κ1) is 12.9. The van der Waals surface area contributed by atoms with Gasteiger partial charge in [-0.05, 0) is 31.2 Å². The molecular formula is C15H17N3O2. The molecule has 104 valence electrons. The quantitative estimate of drug-likeness (QED) is 0.804. The van der Waals surface area contributed by atoms with Crippen molar-refractivity contribution in [2.75, 3.05) is 31.1 Å². The van der Waals surface area contributed by atoms with Gasteiger partial charge in [0.25, 0.3) is 5.56 Å². The Morgan fingerprint density at radius 3 is 2.65 bits per heavy atom. The number of hydrogen-bond acceptors (Lipinski definition) is 4. The number of carbonyl (C=O) groups excluding carboxylic acids is 1. The van der Waals surface area contributed by atoms with E-state index in [-0.39, 0.29) is 16.9 Å². The van der Waals surface area contributed by atoms with Gasteiger partial charge >= 0.3 is 0 Å². The third-order valence-electron chi connectivity index (χ3n) is 3.69. The smallest absolute Gasteiger partial charge is 0.259 e. The summed E-state index contributed by atoms with van der Waals surface area (Å²) in [6, 6.07) is 7.63. The van der Waals surface area contributed by atoms with Gasteiger partial charge in [0.15, 0.2) is 5.78 Å². The van der Waals surface area contributed by atoms with Gasteiger partial charge in [-0.15, -0.1) is 0 Å². The van der Waals surface area contributed by atoms with Crippen LogP contribution in [0.2, 0.25) is 0 Å². The zero-order valence-corrected chi connectivity index (χ0v) is 11.4. The van der Waals surface area contributed by atoms with Gasteiger partial charge in [-0.3, -0.25) is 9.59 Å². The summed E-state index contributed by atoms with van der Waals surface area (Å²) in [4.78, 5) is 28.3. The van der Waals surface area contributed by atoms with Gasteiger partial charge in [0, 0.05) is 42.8 Å². The van der Waals surface area contributed by atoms with E-state index in [1.165, 1.54) is 6.92 Å². The highest BCUT2D eigenvalue weighted by atomic mass is 16.1. The van der Waals surface area contributed by atoms with Crippen LogP contribution in [0.3, 0.4) is 0 Å². The molecule has 2 heterocycles. The normalized spacial score (nSPS) is 15.6. The van der Waals surface area contributed by atoms with Crippen molar-refractivity contribution in [2.24, 2.45) is 0 Å². The molecule has 0 aliphatic carbocycles. The van der Waals surface area contributed by atoms with Gasteiger partial charge in [0.1, 0.15) is 0 Å². The van der Waals surface area contributed by atoms with Crippen LogP contribution in [0.1, 0.15) is 17.3 Å². The number of aromatic nitrogens is 1. The molecule has 1 aliphatic rings. The summed E-state index contributed by atoms with van der Waals surface area (Å²) in [7, 11) is 0. The Balaban J connectivity index is 2.07. The van der Waals surface area contributed by atoms with E-state index in [0.717, 1.165) is 42.8 Å². The molecule has 1 aliphatic heterocycles. The highest BCUT2D eigenvalue weighted by Gasteiger charge is 2.12. The van der Waals surface area contributed by atoms with Crippen LogP contribution in [0.25, 0.3) is 10.9 Å². The molecule has 1 saturated heterocycles.